The van der Waals surface area contributed by atoms with Crippen LogP contribution in [-0.4, -0.2) is 19.3 Å². The van der Waals surface area contributed by atoms with Crippen molar-refractivity contribution in [1.29, 1.82) is 0 Å². The van der Waals surface area contributed by atoms with Crippen molar-refractivity contribution in [2.45, 2.75) is 31.9 Å². The Labute approximate surface area is 185 Å². The summed E-state index contributed by atoms with van der Waals surface area (Å²) in [5, 5.41) is 2.42. The summed E-state index contributed by atoms with van der Waals surface area (Å²) in [6, 6.07) is 12.9. The number of carbonyl (C=O) groups excluding carboxylic acids is 1. The van der Waals surface area contributed by atoms with Crippen LogP contribution in [0.25, 0.3) is 0 Å². The van der Waals surface area contributed by atoms with E-state index in [0.29, 0.717) is 5.56 Å². The maximum Gasteiger partial charge on any atom is 0.255 e. The highest BCUT2D eigenvalue weighted by atomic mass is 32.2. The molecule has 0 aliphatic heterocycles. The average molecular weight is 460 g/mol. The van der Waals surface area contributed by atoms with Crippen molar-refractivity contribution in [3.8, 4) is 0 Å². The van der Waals surface area contributed by atoms with Crippen LogP contribution >= 0.6 is 0 Å². The molecule has 3 rings (SSSR count). The Morgan fingerprint density at radius 2 is 1.66 bits per heavy atom. The molecule has 0 fully saturated rings. The van der Waals surface area contributed by atoms with E-state index in [1.165, 1.54) is 24.4 Å². The largest absolute Gasteiger partial charge is 0.322 e. The summed E-state index contributed by atoms with van der Waals surface area (Å²) < 4.78 is 53.9. The number of hydrogen-bond acceptors (Lipinski definition) is 4. The van der Waals surface area contributed by atoms with Gasteiger partial charge >= 0.3 is 0 Å². The second-order valence-corrected chi connectivity index (χ2v) is 10.0. The van der Waals surface area contributed by atoms with Gasteiger partial charge in [0, 0.05) is 23.5 Å². The van der Waals surface area contributed by atoms with Crippen LogP contribution in [0.5, 0.6) is 0 Å². The van der Waals surface area contributed by atoms with E-state index in [-0.39, 0.29) is 28.2 Å². The van der Waals surface area contributed by atoms with Crippen molar-refractivity contribution in [1.82, 2.24) is 4.98 Å². The monoisotopic (exact) mass is 459 g/mol. The number of rotatable bonds is 6. The molecule has 0 aliphatic carbocycles. The first-order valence-corrected chi connectivity index (χ1v) is 11.4. The predicted octanol–water partition coefficient (Wildman–Crippen LogP) is 4.85. The molecule has 2 aromatic carbocycles. The number of aromatic nitrogens is 1. The Kier molecular flexibility index (Phi) is 6.59. The van der Waals surface area contributed by atoms with Crippen LogP contribution in [0.3, 0.4) is 0 Å². The fourth-order valence-electron chi connectivity index (χ4n) is 2.92. The Bertz CT molecular complexity index is 1240. The minimum absolute atomic E-state index is 0.0331. The topological polar surface area (TPSA) is 88.2 Å². The van der Waals surface area contributed by atoms with Crippen molar-refractivity contribution < 1.29 is 22.0 Å². The number of amides is 1. The van der Waals surface area contributed by atoms with Crippen LogP contribution in [-0.2, 0) is 21.2 Å². The molecule has 1 amide bonds. The Morgan fingerprint density at radius 1 is 0.969 bits per heavy atom. The van der Waals surface area contributed by atoms with Crippen LogP contribution in [0.1, 0.15) is 42.3 Å². The fraction of sp³-hybridized carbons (Fsp3) is 0.217. The smallest absolute Gasteiger partial charge is 0.255 e. The standard InChI is InChI=1S/C23H23F2N3O3S/c1-23(2,3)17-6-4-15(5-7-17)14-32(30,31)28-21-12-16(10-11-26-21)22(29)27-18-8-9-19(24)20(25)13-18/h4-13H,14H2,1-3H3,(H,26,28)(H,27,29). The Hall–Kier alpha value is -3.33. The molecule has 0 bridgehead atoms. The highest BCUT2D eigenvalue weighted by molar-refractivity contribution is 7.91. The number of nitrogens with one attached hydrogen (secondary N) is 2. The van der Waals surface area contributed by atoms with Gasteiger partial charge in [0.05, 0.1) is 5.75 Å². The summed E-state index contributed by atoms with van der Waals surface area (Å²) in [5.74, 6) is -3.05. The molecule has 0 spiro atoms. The lowest BCUT2D eigenvalue weighted by molar-refractivity contribution is 0.102. The molecule has 0 radical (unpaired) electrons. The first-order chi connectivity index (χ1) is 14.9. The maximum atomic E-state index is 13.3. The molecular formula is C23H23F2N3O3S. The number of sulfonamides is 1. The van der Waals surface area contributed by atoms with Gasteiger partial charge in [-0.2, -0.15) is 0 Å². The highest BCUT2D eigenvalue weighted by Crippen LogP contribution is 2.23. The number of hydrogen-bond donors (Lipinski definition) is 2. The number of halogens is 2. The zero-order chi connectivity index (χ0) is 23.5. The molecule has 0 saturated heterocycles. The predicted molar refractivity (Wildman–Crippen MR) is 120 cm³/mol. The van der Waals surface area contributed by atoms with Gasteiger partial charge in [0.2, 0.25) is 10.0 Å². The molecule has 0 atom stereocenters. The van der Waals surface area contributed by atoms with Gasteiger partial charge in [0.1, 0.15) is 5.82 Å². The normalized spacial score (nSPS) is 11.8. The van der Waals surface area contributed by atoms with Crippen LogP contribution in [0.2, 0.25) is 0 Å². The van der Waals surface area contributed by atoms with Gasteiger partial charge in [-0.1, -0.05) is 45.0 Å². The van der Waals surface area contributed by atoms with E-state index in [1.807, 2.05) is 12.1 Å². The van der Waals surface area contributed by atoms with E-state index in [1.54, 1.807) is 12.1 Å². The summed E-state index contributed by atoms with van der Waals surface area (Å²) in [6.45, 7) is 6.21. The lowest BCUT2D eigenvalue weighted by Crippen LogP contribution is -2.18. The van der Waals surface area contributed by atoms with Crippen molar-refractivity contribution in [3.05, 3.63) is 89.1 Å². The number of nitrogens with zero attached hydrogens (tertiary/aromatic N) is 1. The average Bonchev–Trinajstić information content (AvgIpc) is 2.70. The first-order valence-electron chi connectivity index (χ1n) is 9.75. The molecule has 6 nitrogen and oxygen atoms in total. The quantitative estimate of drug-likeness (QED) is 0.552. The first kappa shape index (κ1) is 23.3. The van der Waals surface area contributed by atoms with Gasteiger partial charge < -0.3 is 5.32 Å². The van der Waals surface area contributed by atoms with Gasteiger partial charge in [0.25, 0.3) is 5.91 Å². The van der Waals surface area contributed by atoms with E-state index >= 15 is 0 Å². The molecular weight excluding hydrogens is 436 g/mol. The minimum atomic E-state index is -3.78. The third kappa shape index (κ3) is 6.10. The van der Waals surface area contributed by atoms with Gasteiger partial charge in [-0.25, -0.2) is 22.2 Å². The van der Waals surface area contributed by atoms with E-state index in [9.17, 15) is 22.0 Å². The van der Waals surface area contributed by atoms with Gasteiger partial charge in [0.15, 0.2) is 11.6 Å². The van der Waals surface area contributed by atoms with Crippen molar-refractivity contribution in [2.24, 2.45) is 0 Å². The number of carbonyl (C=O) groups is 1. The second kappa shape index (κ2) is 9.04. The Balaban J connectivity index is 1.70. The molecule has 0 unspecified atom stereocenters. The zero-order valence-electron chi connectivity index (χ0n) is 17.8. The van der Waals surface area contributed by atoms with Gasteiger partial charge in [-0.05, 0) is 40.8 Å². The number of anilines is 2. The van der Waals surface area contributed by atoms with Crippen molar-refractivity contribution in [2.75, 3.05) is 10.0 Å². The molecule has 32 heavy (non-hydrogen) atoms. The van der Waals surface area contributed by atoms with Crippen LogP contribution in [0, 0.1) is 11.6 Å². The maximum absolute atomic E-state index is 13.3. The molecule has 1 heterocycles. The molecule has 3 aromatic rings. The minimum Gasteiger partial charge on any atom is -0.322 e. The molecule has 2 N–H and O–H groups in total. The SMILES string of the molecule is CC(C)(C)c1ccc(CS(=O)(=O)Nc2cc(C(=O)Nc3ccc(F)c(F)c3)ccn2)cc1. The van der Waals surface area contributed by atoms with Crippen LogP contribution in [0.4, 0.5) is 20.3 Å². The van der Waals surface area contributed by atoms with Crippen LogP contribution in [0.15, 0.2) is 60.8 Å². The third-order valence-corrected chi connectivity index (χ3v) is 5.87. The van der Waals surface area contributed by atoms with E-state index < -0.39 is 27.6 Å². The fourth-order valence-corrected chi connectivity index (χ4v) is 4.05. The molecule has 0 aliphatic rings. The van der Waals surface area contributed by atoms with Crippen LogP contribution < -0.4 is 10.0 Å². The molecule has 1 aromatic heterocycles. The third-order valence-electron chi connectivity index (χ3n) is 4.64. The molecule has 0 saturated carbocycles. The second-order valence-electron chi connectivity index (χ2n) is 8.32. The highest BCUT2D eigenvalue weighted by Gasteiger charge is 2.17. The molecule has 9 heteroatoms. The van der Waals surface area contributed by atoms with Crippen molar-refractivity contribution in [3.63, 3.8) is 0 Å². The number of benzene rings is 2. The summed E-state index contributed by atoms with van der Waals surface area (Å²) in [4.78, 5) is 16.3. The van der Waals surface area contributed by atoms with Crippen molar-refractivity contribution >= 4 is 27.4 Å². The van der Waals surface area contributed by atoms with E-state index in [4.69, 9.17) is 0 Å². The summed E-state index contributed by atoms with van der Waals surface area (Å²) in [6.07, 6.45) is 1.27. The van der Waals surface area contributed by atoms with Gasteiger partial charge in [-0.15, -0.1) is 0 Å². The summed E-state index contributed by atoms with van der Waals surface area (Å²) >= 11 is 0. The van der Waals surface area contributed by atoms with Gasteiger partial charge in [-0.3, -0.25) is 9.52 Å². The van der Waals surface area contributed by atoms with E-state index in [2.05, 4.69) is 35.8 Å². The summed E-state index contributed by atoms with van der Waals surface area (Å²) in [5.41, 5.74) is 1.81. The lowest BCUT2D eigenvalue weighted by Gasteiger charge is -2.19. The Morgan fingerprint density at radius 3 is 2.28 bits per heavy atom. The summed E-state index contributed by atoms with van der Waals surface area (Å²) in [7, 11) is -3.78. The molecule has 168 valence electrons. The van der Waals surface area contributed by atoms with E-state index in [0.717, 1.165) is 17.7 Å². The lowest BCUT2D eigenvalue weighted by atomic mass is 9.87. The zero-order valence-corrected chi connectivity index (χ0v) is 18.6. The number of pyridine rings is 1.